The minimum Gasteiger partial charge on any atom is -0.268 e. The van der Waals surface area contributed by atoms with Gasteiger partial charge in [-0.1, -0.05) is 6.92 Å². The molecule has 0 spiro atoms. The van der Waals surface area contributed by atoms with Gasteiger partial charge >= 0.3 is 0 Å². The maximum Gasteiger partial charge on any atom is 0.145 e. The Hall–Kier alpha value is -1.56. The molecule has 2 aromatic rings. The van der Waals surface area contributed by atoms with Gasteiger partial charge in [0.05, 0.1) is 28.4 Å². The summed E-state index contributed by atoms with van der Waals surface area (Å²) in [6, 6.07) is 1.89. The lowest BCUT2D eigenvalue weighted by Gasteiger charge is -2.17. The van der Waals surface area contributed by atoms with Gasteiger partial charge in [-0.15, -0.1) is 0 Å². The summed E-state index contributed by atoms with van der Waals surface area (Å²) in [7, 11) is 0.623. The number of pyridine rings is 1. The minimum absolute atomic E-state index is 0.312. The van der Waals surface area contributed by atoms with Gasteiger partial charge in [0.1, 0.15) is 11.0 Å². The topological polar surface area (TPSA) is 60.1 Å². The molecule has 2 rings (SSSR count). The first kappa shape index (κ1) is 13.9. The summed E-state index contributed by atoms with van der Waals surface area (Å²) in [6.45, 7) is 5.89. The van der Waals surface area contributed by atoms with Crippen molar-refractivity contribution < 1.29 is 4.21 Å². The number of rotatable bonds is 4. The smallest absolute Gasteiger partial charge is 0.145 e. The zero-order valence-electron chi connectivity index (χ0n) is 11.6. The molecule has 0 fully saturated rings. The van der Waals surface area contributed by atoms with E-state index in [1.807, 2.05) is 33.9 Å². The SMILES string of the molecule is CCC(C)(C)[S@@](=O)/N=C/c1cc2c(cn1)cnn2C. The predicted molar refractivity (Wildman–Crippen MR) is 78.6 cm³/mol. The van der Waals surface area contributed by atoms with Crippen molar-refractivity contribution in [1.29, 1.82) is 0 Å². The maximum absolute atomic E-state index is 12.0. The molecular formula is C13H18N4OS. The first-order valence-electron chi connectivity index (χ1n) is 6.18. The Balaban J connectivity index is 2.26. The van der Waals surface area contributed by atoms with Crippen molar-refractivity contribution in [2.24, 2.45) is 11.4 Å². The molecule has 5 nitrogen and oxygen atoms in total. The summed E-state index contributed by atoms with van der Waals surface area (Å²) in [4.78, 5) is 4.26. The molecule has 0 radical (unpaired) electrons. The second-order valence-electron chi connectivity index (χ2n) is 5.03. The summed E-state index contributed by atoms with van der Waals surface area (Å²) in [6.07, 6.45) is 5.89. The number of hydrogen-bond acceptors (Lipinski definition) is 3. The van der Waals surface area contributed by atoms with Gasteiger partial charge in [-0.25, -0.2) is 4.21 Å². The van der Waals surface area contributed by atoms with Crippen LogP contribution in [0.5, 0.6) is 0 Å². The summed E-state index contributed by atoms with van der Waals surface area (Å²) in [5.74, 6) is 0. The lowest BCUT2D eigenvalue weighted by Crippen LogP contribution is -2.23. The Labute approximate surface area is 115 Å². The standard InChI is InChI=1S/C13H18N4OS/c1-5-13(2,3)19(18)16-9-11-6-12-10(7-14-11)8-15-17(12)4/h6-9H,5H2,1-4H3/b16-9+/t19-/m1/s1. The van der Waals surface area contributed by atoms with Gasteiger partial charge in [0.25, 0.3) is 0 Å². The number of aromatic nitrogens is 3. The third-order valence-corrected chi connectivity index (χ3v) is 4.79. The number of fused-ring (bicyclic) bond motifs is 1. The molecule has 2 heterocycles. The van der Waals surface area contributed by atoms with Gasteiger partial charge in [-0.3, -0.25) is 9.67 Å². The second kappa shape index (κ2) is 5.21. The molecule has 0 aromatic carbocycles. The second-order valence-corrected chi connectivity index (χ2v) is 6.85. The molecule has 0 N–H and O–H groups in total. The van der Waals surface area contributed by atoms with Crippen molar-refractivity contribution in [2.45, 2.75) is 31.9 Å². The Morgan fingerprint density at radius 1 is 1.47 bits per heavy atom. The van der Waals surface area contributed by atoms with Crippen molar-refractivity contribution in [3.63, 3.8) is 0 Å². The minimum atomic E-state index is -1.25. The van der Waals surface area contributed by atoms with Crippen molar-refractivity contribution in [3.05, 3.63) is 24.2 Å². The van der Waals surface area contributed by atoms with Crippen LogP contribution in [0.4, 0.5) is 0 Å². The molecular weight excluding hydrogens is 260 g/mol. The van der Waals surface area contributed by atoms with Crippen LogP contribution in [0.1, 0.15) is 32.9 Å². The molecule has 0 aliphatic carbocycles. The highest BCUT2D eigenvalue weighted by Gasteiger charge is 2.22. The van der Waals surface area contributed by atoms with E-state index >= 15 is 0 Å². The fourth-order valence-corrected chi connectivity index (χ4v) is 2.24. The average molecular weight is 278 g/mol. The normalized spacial score (nSPS) is 14.3. The molecule has 0 saturated carbocycles. The molecule has 19 heavy (non-hydrogen) atoms. The van der Waals surface area contributed by atoms with E-state index in [9.17, 15) is 4.21 Å². The first-order valence-corrected chi connectivity index (χ1v) is 7.28. The number of aryl methyl sites for hydroxylation is 1. The van der Waals surface area contributed by atoms with Crippen LogP contribution in [0.3, 0.4) is 0 Å². The molecule has 0 unspecified atom stereocenters. The van der Waals surface area contributed by atoms with Gasteiger partial charge in [0.2, 0.25) is 0 Å². The van der Waals surface area contributed by atoms with Crippen LogP contribution in [-0.4, -0.2) is 29.9 Å². The third-order valence-electron chi connectivity index (χ3n) is 3.26. The fraction of sp³-hybridized carbons (Fsp3) is 0.462. The number of nitrogens with zero attached hydrogens (tertiary/aromatic N) is 4. The zero-order valence-corrected chi connectivity index (χ0v) is 12.4. The van der Waals surface area contributed by atoms with Crippen LogP contribution in [0.2, 0.25) is 0 Å². The Bertz CT molecular complexity index is 645. The lowest BCUT2D eigenvalue weighted by atomic mass is 10.1. The van der Waals surface area contributed by atoms with E-state index in [2.05, 4.69) is 14.5 Å². The largest absolute Gasteiger partial charge is 0.268 e. The summed E-state index contributed by atoms with van der Waals surface area (Å²) in [5.41, 5.74) is 1.67. The van der Waals surface area contributed by atoms with Crippen LogP contribution in [0, 0.1) is 0 Å². The summed E-state index contributed by atoms with van der Waals surface area (Å²) in [5, 5.41) is 5.14. The van der Waals surface area contributed by atoms with Crippen molar-refractivity contribution in [3.8, 4) is 0 Å². The Kier molecular flexibility index (Phi) is 3.80. The molecule has 1 atom stereocenters. The van der Waals surface area contributed by atoms with E-state index in [4.69, 9.17) is 0 Å². The van der Waals surface area contributed by atoms with Crippen molar-refractivity contribution in [1.82, 2.24) is 14.8 Å². The van der Waals surface area contributed by atoms with E-state index in [0.717, 1.165) is 17.3 Å². The molecule has 2 aromatic heterocycles. The highest BCUT2D eigenvalue weighted by atomic mass is 32.2. The Morgan fingerprint density at radius 2 is 2.21 bits per heavy atom. The molecule has 0 aliphatic heterocycles. The van der Waals surface area contributed by atoms with Crippen LogP contribution in [0.25, 0.3) is 10.9 Å². The highest BCUT2D eigenvalue weighted by molar-refractivity contribution is 7.85. The van der Waals surface area contributed by atoms with E-state index in [-0.39, 0.29) is 4.75 Å². The van der Waals surface area contributed by atoms with Gasteiger partial charge in [0, 0.05) is 18.6 Å². The Morgan fingerprint density at radius 3 is 2.89 bits per heavy atom. The molecule has 0 bridgehead atoms. The summed E-state index contributed by atoms with van der Waals surface area (Å²) >= 11 is 0. The fourth-order valence-electron chi connectivity index (χ4n) is 1.50. The van der Waals surface area contributed by atoms with Crippen molar-refractivity contribution >= 4 is 28.1 Å². The zero-order chi connectivity index (χ0) is 14.0. The van der Waals surface area contributed by atoms with Gasteiger partial charge < -0.3 is 0 Å². The van der Waals surface area contributed by atoms with E-state index in [0.29, 0.717) is 5.69 Å². The monoisotopic (exact) mass is 278 g/mol. The van der Waals surface area contributed by atoms with Gasteiger partial charge in [-0.2, -0.15) is 9.50 Å². The maximum atomic E-state index is 12.0. The quantitative estimate of drug-likeness (QED) is 0.806. The van der Waals surface area contributed by atoms with Crippen LogP contribution in [0.15, 0.2) is 22.9 Å². The molecule has 0 amide bonds. The average Bonchev–Trinajstić information content (AvgIpc) is 2.77. The molecule has 0 saturated heterocycles. The van der Waals surface area contributed by atoms with Gasteiger partial charge in [-0.05, 0) is 26.3 Å². The van der Waals surface area contributed by atoms with Crippen LogP contribution >= 0.6 is 0 Å². The first-order chi connectivity index (χ1) is 8.94. The molecule has 6 heteroatoms. The van der Waals surface area contributed by atoms with E-state index in [1.165, 1.54) is 0 Å². The van der Waals surface area contributed by atoms with Crippen molar-refractivity contribution in [2.75, 3.05) is 0 Å². The van der Waals surface area contributed by atoms with E-state index in [1.54, 1.807) is 23.3 Å². The van der Waals surface area contributed by atoms with Crippen LogP contribution < -0.4 is 0 Å². The highest BCUT2D eigenvalue weighted by Crippen LogP contribution is 2.18. The van der Waals surface area contributed by atoms with Crippen LogP contribution in [-0.2, 0) is 18.0 Å². The van der Waals surface area contributed by atoms with E-state index < -0.39 is 11.0 Å². The predicted octanol–water partition coefficient (Wildman–Crippen LogP) is 2.24. The molecule has 0 aliphatic rings. The molecule has 102 valence electrons. The third kappa shape index (κ3) is 2.89. The van der Waals surface area contributed by atoms with Gasteiger partial charge in [0.15, 0.2) is 0 Å². The number of hydrogen-bond donors (Lipinski definition) is 0. The summed E-state index contributed by atoms with van der Waals surface area (Å²) < 4.78 is 17.6. The lowest BCUT2D eigenvalue weighted by molar-refractivity contribution is 0.614.